The molecule has 3 N–H and O–H groups in total. The van der Waals surface area contributed by atoms with Crippen LogP contribution >= 0.6 is 22.7 Å². The Balaban J connectivity index is 1.44. The number of aromatic carboxylic acids is 1. The van der Waals surface area contributed by atoms with E-state index >= 15 is 0 Å². The zero-order valence-corrected chi connectivity index (χ0v) is 23.5. The van der Waals surface area contributed by atoms with Crippen LogP contribution in [0.1, 0.15) is 78.5 Å². The molecule has 2 saturated carbocycles. The molecule has 8 nitrogen and oxygen atoms in total. The van der Waals surface area contributed by atoms with Crippen molar-refractivity contribution >= 4 is 51.8 Å². The highest BCUT2D eigenvalue weighted by atomic mass is 32.1. The summed E-state index contributed by atoms with van der Waals surface area (Å²) < 4.78 is 0. The fourth-order valence-electron chi connectivity index (χ4n) is 5.61. The molecule has 2 heterocycles. The number of anilines is 2. The standard InChI is InChI=1S/C29H33N3O5S2/c1-17-2-4-19(5-3-17)28(35)32(21-10-12-22(33)13-11-21)24-14-25(39-26(24)29(36)37)18-6-8-20(9-7-18)31-27(34)23-15-38-16-30-23/h6-9,14-17,19,21-22,33H,2-5,10-13H2,1H3,(H,31,34)(H,36,37)/t17-,19-,21-,22-. The van der Waals surface area contributed by atoms with Gasteiger partial charge in [-0.2, -0.15) is 0 Å². The third-order valence-electron chi connectivity index (χ3n) is 7.89. The molecule has 0 bridgehead atoms. The van der Waals surface area contributed by atoms with Crippen molar-refractivity contribution in [2.24, 2.45) is 11.8 Å². The highest BCUT2D eigenvalue weighted by Gasteiger charge is 2.37. The fourth-order valence-corrected chi connectivity index (χ4v) is 7.13. The maximum absolute atomic E-state index is 14.0. The number of amides is 2. The predicted octanol–water partition coefficient (Wildman–Crippen LogP) is 6.28. The number of hydrogen-bond acceptors (Lipinski definition) is 7. The Morgan fingerprint density at radius 1 is 1.00 bits per heavy atom. The molecule has 2 amide bonds. The summed E-state index contributed by atoms with van der Waals surface area (Å²) in [6.45, 7) is 2.21. The lowest BCUT2D eigenvalue weighted by molar-refractivity contribution is -0.124. The number of carboxylic acid groups (broad SMARTS) is 1. The van der Waals surface area contributed by atoms with Crippen LogP contribution in [0.2, 0.25) is 0 Å². The molecule has 5 rings (SSSR count). The first-order valence-electron chi connectivity index (χ1n) is 13.5. The van der Waals surface area contributed by atoms with E-state index in [1.54, 1.807) is 27.9 Å². The Morgan fingerprint density at radius 2 is 1.69 bits per heavy atom. The van der Waals surface area contributed by atoms with Crippen LogP contribution in [0, 0.1) is 11.8 Å². The van der Waals surface area contributed by atoms with E-state index in [1.807, 2.05) is 18.2 Å². The fraction of sp³-hybridized carbons (Fsp3) is 0.448. The van der Waals surface area contributed by atoms with E-state index in [4.69, 9.17) is 0 Å². The van der Waals surface area contributed by atoms with Crippen LogP contribution in [0.15, 0.2) is 41.2 Å². The topological polar surface area (TPSA) is 120 Å². The number of carboxylic acids is 1. The van der Waals surface area contributed by atoms with Gasteiger partial charge < -0.3 is 20.4 Å². The van der Waals surface area contributed by atoms with Crippen molar-refractivity contribution < 1.29 is 24.6 Å². The maximum atomic E-state index is 14.0. The van der Waals surface area contributed by atoms with Gasteiger partial charge in [-0.25, -0.2) is 9.78 Å². The summed E-state index contributed by atoms with van der Waals surface area (Å²) in [5.41, 5.74) is 3.82. The minimum Gasteiger partial charge on any atom is -0.477 e. The van der Waals surface area contributed by atoms with E-state index in [9.17, 15) is 24.6 Å². The molecular formula is C29H33N3O5S2. The molecule has 206 valence electrons. The second-order valence-corrected chi connectivity index (χ2v) is 12.4. The van der Waals surface area contributed by atoms with Gasteiger partial charge in [0, 0.05) is 27.9 Å². The van der Waals surface area contributed by atoms with Gasteiger partial charge in [-0.05, 0) is 81.0 Å². The van der Waals surface area contributed by atoms with Crippen LogP contribution in [-0.2, 0) is 4.79 Å². The first-order valence-corrected chi connectivity index (χ1v) is 15.2. The lowest BCUT2D eigenvalue weighted by atomic mass is 9.81. The Bertz CT molecular complexity index is 1310. The number of thiophene rings is 1. The first-order chi connectivity index (χ1) is 18.8. The van der Waals surface area contributed by atoms with E-state index in [0.29, 0.717) is 48.7 Å². The third kappa shape index (κ3) is 6.23. The zero-order valence-electron chi connectivity index (χ0n) is 21.8. The average Bonchev–Trinajstić information content (AvgIpc) is 3.62. The minimum atomic E-state index is -1.06. The first kappa shape index (κ1) is 27.5. The molecule has 2 fully saturated rings. The van der Waals surface area contributed by atoms with E-state index in [-0.39, 0.29) is 34.8 Å². The normalized spacial score (nSPS) is 23.2. The summed E-state index contributed by atoms with van der Waals surface area (Å²) in [7, 11) is 0. The molecule has 0 aliphatic heterocycles. The summed E-state index contributed by atoms with van der Waals surface area (Å²) in [4.78, 5) is 45.4. The second kappa shape index (κ2) is 12.0. The molecule has 0 atom stereocenters. The smallest absolute Gasteiger partial charge is 0.348 e. The molecule has 3 aromatic rings. The number of benzene rings is 1. The summed E-state index contributed by atoms with van der Waals surface area (Å²) >= 11 is 2.51. The summed E-state index contributed by atoms with van der Waals surface area (Å²) in [5, 5.41) is 24.8. The molecule has 0 spiro atoms. The van der Waals surface area contributed by atoms with Gasteiger partial charge in [-0.15, -0.1) is 22.7 Å². The van der Waals surface area contributed by atoms with Gasteiger partial charge in [0.15, 0.2) is 0 Å². The van der Waals surface area contributed by atoms with Crippen LogP contribution in [0.25, 0.3) is 10.4 Å². The van der Waals surface area contributed by atoms with E-state index in [1.165, 1.54) is 11.3 Å². The van der Waals surface area contributed by atoms with Crippen molar-refractivity contribution in [3.05, 3.63) is 51.8 Å². The number of carbonyl (C=O) groups is 3. The van der Waals surface area contributed by atoms with Crippen LogP contribution in [0.5, 0.6) is 0 Å². The van der Waals surface area contributed by atoms with Crippen LogP contribution in [0.3, 0.4) is 0 Å². The van der Waals surface area contributed by atoms with Crippen molar-refractivity contribution in [2.45, 2.75) is 70.4 Å². The van der Waals surface area contributed by atoms with Crippen LogP contribution in [-0.4, -0.2) is 45.1 Å². The van der Waals surface area contributed by atoms with Crippen LogP contribution < -0.4 is 10.2 Å². The van der Waals surface area contributed by atoms with Crippen molar-refractivity contribution in [2.75, 3.05) is 10.2 Å². The van der Waals surface area contributed by atoms with Gasteiger partial charge in [0.05, 0.1) is 17.3 Å². The number of nitrogens with one attached hydrogen (secondary N) is 1. The number of rotatable bonds is 7. The Kier molecular flexibility index (Phi) is 8.44. The SMILES string of the molecule is C[C@H]1CC[C@H](C(=O)N(c2cc(-c3ccc(NC(=O)c4cscn4)cc3)sc2C(=O)O)[C@H]2CC[C@H](O)CC2)CC1. The molecule has 0 saturated heterocycles. The Morgan fingerprint density at radius 3 is 2.31 bits per heavy atom. The van der Waals surface area contributed by atoms with Gasteiger partial charge in [0.2, 0.25) is 5.91 Å². The van der Waals surface area contributed by atoms with Crippen molar-refractivity contribution in [1.82, 2.24) is 4.98 Å². The van der Waals surface area contributed by atoms with Crippen molar-refractivity contribution in [3.8, 4) is 10.4 Å². The summed E-state index contributed by atoms with van der Waals surface area (Å²) in [6.07, 6.45) is 5.76. The molecule has 0 unspecified atom stereocenters. The number of hydrogen-bond donors (Lipinski definition) is 3. The predicted molar refractivity (Wildman–Crippen MR) is 154 cm³/mol. The number of thiazole rings is 1. The molecule has 2 aliphatic rings. The maximum Gasteiger partial charge on any atom is 0.348 e. The molecule has 10 heteroatoms. The monoisotopic (exact) mass is 567 g/mol. The van der Waals surface area contributed by atoms with E-state index in [2.05, 4.69) is 17.2 Å². The zero-order chi connectivity index (χ0) is 27.5. The van der Waals surface area contributed by atoms with E-state index in [0.717, 1.165) is 47.5 Å². The van der Waals surface area contributed by atoms with Gasteiger partial charge >= 0.3 is 5.97 Å². The third-order valence-corrected chi connectivity index (χ3v) is 9.64. The van der Waals surface area contributed by atoms with Crippen molar-refractivity contribution in [3.63, 3.8) is 0 Å². The average molecular weight is 568 g/mol. The summed E-state index contributed by atoms with van der Waals surface area (Å²) in [6, 6.07) is 8.91. The number of aliphatic hydroxyl groups is 1. The second-order valence-electron chi connectivity index (χ2n) is 10.7. The minimum absolute atomic E-state index is 0.00948. The Hall–Kier alpha value is -3.08. The largest absolute Gasteiger partial charge is 0.477 e. The highest BCUT2D eigenvalue weighted by Crippen LogP contribution is 2.42. The molecular weight excluding hydrogens is 534 g/mol. The molecule has 1 aromatic carbocycles. The molecule has 0 radical (unpaired) electrons. The summed E-state index contributed by atoms with van der Waals surface area (Å²) in [5.74, 6) is -0.850. The Labute approximate surface area is 235 Å². The number of aliphatic hydroxyl groups excluding tert-OH is 1. The van der Waals surface area contributed by atoms with Gasteiger partial charge in [0.1, 0.15) is 10.6 Å². The quantitative estimate of drug-likeness (QED) is 0.309. The number of aromatic nitrogens is 1. The van der Waals surface area contributed by atoms with E-state index < -0.39 is 5.97 Å². The van der Waals surface area contributed by atoms with Gasteiger partial charge in [-0.1, -0.05) is 19.1 Å². The highest BCUT2D eigenvalue weighted by molar-refractivity contribution is 7.18. The molecule has 2 aliphatic carbocycles. The van der Waals surface area contributed by atoms with Crippen molar-refractivity contribution in [1.29, 1.82) is 0 Å². The van der Waals surface area contributed by atoms with Gasteiger partial charge in [0.25, 0.3) is 5.91 Å². The molecule has 39 heavy (non-hydrogen) atoms. The number of carbonyl (C=O) groups excluding carboxylic acids is 2. The lowest BCUT2D eigenvalue weighted by Crippen LogP contribution is -2.47. The number of nitrogens with zero attached hydrogens (tertiary/aromatic N) is 2. The lowest BCUT2D eigenvalue weighted by Gasteiger charge is -2.38. The van der Waals surface area contributed by atoms with Gasteiger partial charge in [-0.3, -0.25) is 9.59 Å². The van der Waals surface area contributed by atoms with Crippen LogP contribution in [0.4, 0.5) is 11.4 Å². The molecule has 2 aromatic heterocycles.